The zero-order valence-electron chi connectivity index (χ0n) is 12.7. The third-order valence-corrected chi connectivity index (χ3v) is 3.49. The molecule has 0 bridgehead atoms. The molecule has 1 saturated heterocycles. The maximum absolute atomic E-state index is 12.4. The fraction of sp³-hybridized carbons (Fsp3) is 0.375. The molecule has 0 spiro atoms. The van der Waals surface area contributed by atoms with Gasteiger partial charge in [-0.2, -0.15) is 0 Å². The van der Waals surface area contributed by atoms with Gasteiger partial charge in [-0.05, 0) is 24.3 Å². The van der Waals surface area contributed by atoms with Gasteiger partial charge in [0.05, 0.1) is 7.11 Å². The van der Waals surface area contributed by atoms with Crippen LogP contribution in [-0.4, -0.2) is 61.7 Å². The molecule has 1 aromatic carbocycles. The van der Waals surface area contributed by atoms with Crippen molar-refractivity contribution in [3.05, 3.63) is 42.5 Å². The van der Waals surface area contributed by atoms with Crippen LogP contribution >= 0.6 is 0 Å². The topological polar surface area (TPSA) is 59.1 Å². The Labute approximate surface area is 129 Å². The Balaban J connectivity index is 1.88. The number of carbonyl (C=O) groups excluding carboxylic acids is 2. The predicted molar refractivity (Wildman–Crippen MR) is 82.0 cm³/mol. The van der Waals surface area contributed by atoms with Crippen LogP contribution in [0, 0.1) is 0 Å². The second-order valence-corrected chi connectivity index (χ2v) is 4.87. The van der Waals surface area contributed by atoms with E-state index in [4.69, 9.17) is 9.47 Å². The lowest BCUT2D eigenvalue weighted by Gasteiger charge is -2.34. The predicted octanol–water partition coefficient (Wildman–Crippen LogP) is 1.78. The minimum Gasteiger partial charge on any atom is -0.497 e. The highest BCUT2D eigenvalue weighted by Crippen LogP contribution is 2.14. The highest BCUT2D eigenvalue weighted by molar-refractivity contribution is 5.94. The van der Waals surface area contributed by atoms with E-state index in [2.05, 4.69) is 6.58 Å². The minimum absolute atomic E-state index is 0.0400. The smallest absolute Gasteiger partial charge is 0.410 e. The number of rotatable bonds is 4. The van der Waals surface area contributed by atoms with E-state index < -0.39 is 0 Å². The molecule has 1 fully saturated rings. The fourth-order valence-electron chi connectivity index (χ4n) is 2.23. The Hall–Kier alpha value is -2.50. The van der Waals surface area contributed by atoms with E-state index in [0.29, 0.717) is 37.5 Å². The molecule has 1 heterocycles. The number of nitrogens with zero attached hydrogens (tertiary/aromatic N) is 2. The van der Waals surface area contributed by atoms with Gasteiger partial charge < -0.3 is 19.3 Å². The van der Waals surface area contributed by atoms with Gasteiger partial charge in [-0.3, -0.25) is 4.79 Å². The molecule has 2 amide bonds. The normalized spacial score (nSPS) is 14.4. The number of hydrogen-bond donors (Lipinski definition) is 0. The van der Waals surface area contributed by atoms with Crippen LogP contribution in [0.2, 0.25) is 0 Å². The van der Waals surface area contributed by atoms with E-state index in [0.717, 1.165) is 0 Å². The molecule has 1 aromatic rings. The van der Waals surface area contributed by atoms with E-state index in [1.54, 1.807) is 41.2 Å². The number of benzene rings is 1. The third kappa shape index (κ3) is 3.78. The van der Waals surface area contributed by atoms with Crippen LogP contribution in [-0.2, 0) is 4.74 Å². The SMILES string of the molecule is C=CCOC(=O)N1CCN(C(=O)c2ccc(OC)cc2)CC1. The van der Waals surface area contributed by atoms with E-state index in [1.165, 1.54) is 6.08 Å². The van der Waals surface area contributed by atoms with Crippen molar-refractivity contribution in [1.82, 2.24) is 9.80 Å². The van der Waals surface area contributed by atoms with Crippen LogP contribution in [0.4, 0.5) is 4.79 Å². The lowest BCUT2D eigenvalue weighted by Crippen LogP contribution is -2.50. The van der Waals surface area contributed by atoms with Crippen molar-refractivity contribution < 1.29 is 19.1 Å². The molecule has 6 nitrogen and oxygen atoms in total. The maximum atomic E-state index is 12.4. The Morgan fingerprint density at radius 2 is 1.73 bits per heavy atom. The average Bonchev–Trinajstić information content (AvgIpc) is 2.59. The van der Waals surface area contributed by atoms with Crippen molar-refractivity contribution >= 4 is 12.0 Å². The van der Waals surface area contributed by atoms with E-state index in [-0.39, 0.29) is 18.6 Å². The highest BCUT2D eigenvalue weighted by Gasteiger charge is 2.25. The average molecular weight is 304 g/mol. The molecule has 0 saturated carbocycles. The molecule has 0 aromatic heterocycles. The van der Waals surface area contributed by atoms with Crippen molar-refractivity contribution in [3.8, 4) is 5.75 Å². The zero-order chi connectivity index (χ0) is 15.9. The summed E-state index contributed by atoms with van der Waals surface area (Å²) in [6.45, 7) is 5.63. The molecule has 0 atom stereocenters. The first-order valence-electron chi connectivity index (χ1n) is 7.11. The lowest BCUT2D eigenvalue weighted by molar-refractivity contribution is 0.0581. The minimum atomic E-state index is -0.364. The first kappa shape index (κ1) is 15.9. The number of methoxy groups -OCH3 is 1. The summed E-state index contributed by atoms with van der Waals surface area (Å²) in [7, 11) is 1.58. The van der Waals surface area contributed by atoms with Crippen molar-refractivity contribution in [1.29, 1.82) is 0 Å². The van der Waals surface area contributed by atoms with Crippen LogP contribution in [0.25, 0.3) is 0 Å². The second-order valence-electron chi connectivity index (χ2n) is 4.87. The summed E-state index contributed by atoms with van der Waals surface area (Å²) in [6, 6.07) is 7.00. The van der Waals surface area contributed by atoms with Gasteiger partial charge in [0.15, 0.2) is 0 Å². The Morgan fingerprint density at radius 3 is 2.27 bits per heavy atom. The summed E-state index contributed by atoms with van der Waals surface area (Å²) in [4.78, 5) is 27.4. The summed E-state index contributed by atoms with van der Waals surface area (Å²) in [5.74, 6) is 0.674. The summed E-state index contributed by atoms with van der Waals surface area (Å²) < 4.78 is 10.1. The maximum Gasteiger partial charge on any atom is 0.410 e. The van der Waals surface area contributed by atoms with Crippen molar-refractivity contribution in [2.75, 3.05) is 39.9 Å². The number of amides is 2. The number of piperazine rings is 1. The summed E-state index contributed by atoms with van der Waals surface area (Å²) in [5, 5.41) is 0. The van der Waals surface area contributed by atoms with Gasteiger partial charge in [0.1, 0.15) is 12.4 Å². The van der Waals surface area contributed by atoms with Gasteiger partial charge >= 0.3 is 6.09 Å². The zero-order valence-corrected chi connectivity index (χ0v) is 12.7. The molecule has 6 heteroatoms. The van der Waals surface area contributed by atoms with Crippen molar-refractivity contribution in [3.63, 3.8) is 0 Å². The van der Waals surface area contributed by atoms with Crippen LogP contribution in [0.15, 0.2) is 36.9 Å². The molecule has 1 aliphatic rings. The summed E-state index contributed by atoms with van der Waals surface area (Å²) >= 11 is 0. The van der Waals surface area contributed by atoms with Gasteiger partial charge in [-0.15, -0.1) is 0 Å². The Morgan fingerprint density at radius 1 is 1.14 bits per heavy atom. The lowest BCUT2D eigenvalue weighted by atomic mass is 10.1. The number of carbonyl (C=O) groups is 2. The van der Waals surface area contributed by atoms with E-state index in [9.17, 15) is 9.59 Å². The second kappa shape index (κ2) is 7.49. The van der Waals surface area contributed by atoms with Crippen LogP contribution in [0.3, 0.4) is 0 Å². The first-order valence-corrected chi connectivity index (χ1v) is 7.11. The largest absolute Gasteiger partial charge is 0.497 e. The molecule has 0 aliphatic carbocycles. The fourth-order valence-corrected chi connectivity index (χ4v) is 2.23. The molecule has 118 valence electrons. The van der Waals surface area contributed by atoms with Gasteiger partial charge in [0, 0.05) is 31.7 Å². The molecule has 0 radical (unpaired) electrons. The van der Waals surface area contributed by atoms with Gasteiger partial charge in [0.2, 0.25) is 0 Å². The molecule has 2 rings (SSSR count). The molecular weight excluding hydrogens is 284 g/mol. The standard InChI is InChI=1S/C16H20N2O4/c1-3-12-22-16(20)18-10-8-17(9-11-18)15(19)13-4-6-14(21-2)7-5-13/h3-7H,1,8-12H2,2H3. The Bertz CT molecular complexity index is 534. The van der Waals surface area contributed by atoms with Crippen LogP contribution < -0.4 is 4.74 Å². The van der Waals surface area contributed by atoms with Crippen LogP contribution in [0.1, 0.15) is 10.4 Å². The van der Waals surface area contributed by atoms with Crippen LogP contribution in [0.5, 0.6) is 5.75 Å². The Kier molecular flexibility index (Phi) is 5.41. The van der Waals surface area contributed by atoms with Gasteiger partial charge in [-0.1, -0.05) is 12.7 Å². The summed E-state index contributed by atoms with van der Waals surface area (Å²) in [6.07, 6.45) is 1.16. The van der Waals surface area contributed by atoms with Crippen molar-refractivity contribution in [2.45, 2.75) is 0 Å². The monoisotopic (exact) mass is 304 g/mol. The molecular formula is C16H20N2O4. The number of ether oxygens (including phenoxy) is 2. The van der Waals surface area contributed by atoms with E-state index >= 15 is 0 Å². The molecule has 1 aliphatic heterocycles. The van der Waals surface area contributed by atoms with Gasteiger partial charge in [0.25, 0.3) is 5.91 Å². The molecule has 22 heavy (non-hydrogen) atoms. The first-order chi connectivity index (χ1) is 10.7. The highest BCUT2D eigenvalue weighted by atomic mass is 16.6. The third-order valence-electron chi connectivity index (χ3n) is 3.49. The molecule has 0 unspecified atom stereocenters. The van der Waals surface area contributed by atoms with E-state index in [1.807, 2.05) is 0 Å². The van der Waals surface area contributed by atoms with Crippen molar-refractivity contribution in [2.24, 2.45) is 0 Å². The molecule has 0 N–H and O–H groups in total. The number of hydrogen-bond acceptors (Lipinski definition) is 4. The quantitative estimate of drug-likeness (QED) is 0.796. The van der Waals surface area contributed by atoms with Gasteiger partial charge in [-0.25, -0.2) is 4.79 Å². The summed E-state index contributed by atoms with van der Waals surface area (Å²) in [5.41, 5.74) is 0.614.